The van der Waals surface area contributed by atoms with E-state index in [4.69, 9.17) is 23.2 Å². The number of nitrogens with zero attached hydrogens (tertiary/aromatic N) is 2. The molecule has 0 spiro atoms. The van der Waals surface area contributed by atoms with Crippen LogP contribution in [0.4, 0.5) is 0 Å². The van der Waals surface area contributed by atoms with E-state index in [1.807, 2.05) is 12.1 Å². The van der Waals surface area contributed by atoms with Crippen LogP contribution in [0.1, 0.15) is 45.2 Å². The van der Waals surface area contributed by atoms with Gasteiger partial charge in [0.2, 0.25) is 5.91 Å². The Balaban J connectivity index is 1.98. The third-order valence-electron chi connectivity index (χ3n) is 5.74. The Labute approximate surface area is 180 Å². The summed E-state index contributed by atoms with van der Waals surface area (Å²) in [4.78, 5) is 32.3. The van der Waals surface area contributed by atoms with Crippen LogP contribution in [0.2, 0.25) is 10.0 Å². The summed E-state index contributed by atoms with van der Waals surface area (Å²) in [5, 5.41) is 4.46. The zero-order valence-corrected chi connectivity index (χ0v) is 18.1. The van der Waals surface area contributed by atoms with E-state index in [0.29, 0.717) is 34.0 Å². The third-order valence-corrected chi connectivity index (χ3v) is 6.30. The van der Waals surface area contributed by atoms with Crippen LogP contribution in [-0.4, -0.2) is 34.9 Å². The van der Waals surface area contributed by atoms with Gasteiger partial charge in [0.15, 0.2) is 5.78 Å². The van der Waals surface area contributed by atoms with Crippen molar-refractivity contribution in [1.82, 2.24) is 10.2 Å². The van der Waals surface area contributed by atoms with Crippen molar-refractivity contribution in [2.75, 3.05) is 0 Å². The van der Waals surface area contributed by atoms with Gasteiger partial charge in [0, 0.05) is 47.1 Å². The molecule has 2 heterocycles. The fraction of sp³-hybridized carbons (Fsp3) is 0.409. The summed E-state index contributed by atoms with van der Waals surface area (Å²) < 4.78 is 0. The lowest BCUT2D eigenvalue weighted by Crippen LogP contribution is -2.51. The predicted octanol–water partition coefficient (Wildman–Crippen LogP) is 4.46. The molecule has 2 unspecified atom stereocenters. The highest BCUT2D eigenvalue weighted by molar-refractivity contribution is 6.35. The quantitative estimate of drug-likeness (QED) is 0.713. The van der Waals surface area contributed by atoms with Crippen LogP contribution >= 0.6 is 23.2 Å². The van der Waals surface area contributed by atoms with Crippen molar-refractivity contribution in [3.8, 4) is 0 Å². The van der Waals surface area contributed by atoms with E-state index in [0.717, 1.165) is 5.70 Å². The minimum Gasteiger partial charge on any atom is -0.378 e. The van der Waals surface area contributed by atoms with Gasteiger partial charge < -0.3 is 10.2 Å². The number of aliphatic imine (C=N–C) groups is 1. The third kappa shape index (κ3) is 3.62. The molecule has 29 heavy (non-hydrogen) atoms. The predicted molar refractivity (Wildman–Crippen MR) is 115 cm³/mol. The molecule has 0 aromatic heterocycles. The number of carbonyl (C=O) groups excluding carboxylic acids is 2. The van der Waals surface area contributed by atoms with Gasteiger partial charge in [0.1, 0.15) is 0 Å². The summed E-state index contributed by atoms with van der Waals surface area (Å²) in [6, 6.07) is 4.11. The lowest BCUT2D eigenvalue weighted by Gasteiger charge is -2.39. The number of halogens is 2. The monoisotopic (exact) mass is 431 g/mol. The average molecular weight is 432 g/mol. The van der Waals surface area contributed by atoms with Crippen molar-refractivity contribution in [1.29, 1.82) is 0 Å². The molecule has 3 aliphatic rings. The summed E-state index contributed by atoms with van der Waals surface area (Å²) in [5.41, 5.74) is 2.01. The Hall–Kier alpha value is -2.11. The molecule has 4 rings (SSSR count). The highest BCUT2D eigenvalue weighted by Gasteiger charge is 2.46. The number of hydrogen-bond acceptors (Lipinski definition) is 4. The molecule has 0 saturated carbocycles. The number of carbonyl (C=O) groups is 2. The standard InChI is InChI=1S/C22H23Cl2N3O2/c1-12(28)27-18-6-7-25-11-17(18)26-16-9-22(2,3)10-19(29)20(16)21(27)14-5-4-13(23)8-15(14)24/h4-8,11,17-18,21,26H,9-10H2,1-3H3/t17?,18?,21-/m1/s1. The second-order valence-corrected chi connectivity index (χ2v) is 9.47. The Morgan fingerprint density at radius 2 is 2.03 bits per heavy atom. The normalized spacial score (nSPS) is 27.8. The first-order valence-corrected chi connectivity index (χ1v) is 10.4. The van der Waals surface area contributed by atoms with Crippen LogP contribution in [0, 0.1) is 5.41 Å². The van der Waals surface area contributed by atoms with Crippen molar-refractivity contribution >= 4 is 41.1 Å². The molecule has 5 nitrogen and oxygen atoms in total. The second-order valence-electron chi connectivity index (χ2n) is 8.63. The lowest BCUT2D eigenvalue weighted by atomic mass is 9.73. The molecule has 1 aromatic carbocycles. The minimum absolute atomic E-state index is 0.0329. The number of rotatable bonds is 1. The molecule has 1 amide bonds. The molecule has 0 saturated heterocycles. The van der Waals surface area contributed by atoms with E-state index in [1.165, 1.54) is 6.92 Å². The van der Waals surface area contributed by atoms with E-state index < -0.39 is 6.04 Å². The van der Waals surface area contributed by atoms with Crippen LogP contribution in [0.5, 0.6) is 0 Å². The summed E-state index contributed by atoms with van der Waals surface area (Å²) in [6.45, 7) is 5.69. The Morgan fingerprint density at radius 3 is 2.72 bits per heavy atom. The van der Waals surface area contributed by atoms with E-state index in [9.17, 15) is 9.59 Å². The molecule has 1 N–H and O–H groups in total. The number of allylic oxidation sites excluding steroid dienone is 1. The molecular formula is C22H23Cl2N3O2. The first-order chi connectivity index (χ1) is 13.7. The fourth-order valence-corrected chi connectivity index (χ4v) is 5.10. The molecule has 2 aliphatic heterocycles. The van der Waals surface area contributed by atoms with Gasteiger partial charge >= 0.3 is 0 Å². The molecular weight excluding hydrogens is 409 g/mol. The van der Waals surface area contributed by atoms with Gasteiger partial charge in [-0.25, -0.2) is 0 Å². The van der Waals surface area contributed by atoms with Crippen molar-refractivity contribution in [3.63, 3.8) is 0 Å². The van der Waals surface area contributed by atoms with Gasteiger partial charge in [-0.3, -0.25) is 14.6 Å². The number of ketones is 1. The van der Waals surface area contributed by atoms with Crippen LogP contribution in [0.3, 0.4) is 0 Å². The van der Waals surface area contributed by atoms with Crippen molar-refractivity contribution in [2.24, 2.45) is 10.4 Å². The maximum Gasteiger partial charge on any atom is 0.220 e. The summed E-state index contributed by atoms with van der Waals surface area (Å²) in [7, 11) is 0. The van der Waals surface area contributed by atoms with Crippen LogP contribution in [-0.2, 0) is 9.59 Å². The molecule has 152 valence electrons. The van der Waals surface area contributed by atoms with Gasteiger partial charge in [0.25, 0.3) is 0 Å². The molecule has 0 radical (unpaired) electrons. The Morgan fingerprint density at radius 1 is 1.28 bits per heavy atom. The van der Waals surface area contributed by atoms with Gasteiger partial charge in [-0.15, -0.1) is 0 Å². The van der Waals surface area contributed by atoms with E-state index in [-0.39, 0.29) is 29.2 Å². The van der Waals surface area contributed by atoms with E-state index in [2.05, 4.69) is 24.2 Å². The molecule has 1 aromatic rings. The summed E-state index contributed by atoms with van der Waals surface area (Å²) in [5.74, 6) is -0.102. The van der Waals surface area contributed by atoms with Crippen molar-refractivity contribution in [2.45, 2.75) is 51.7 Å². The number of fused-ring (bicyclic) bond motifs is 1. The van der Waals surface area contributed by atoms with Gasteiger partial charge in [-0.05, 0) is 35.6 Å². The Bertz CT molecular complexity index is 980. The van der Waals surface area contributed by atoms with E-state index in [1.54, 1.807) is 29.4 Å². The number of benzene rings is 1. The maximum absolute atomic E-state index is 13.4. The van der Waals surface area contributed by atoms with Crippen molar-refractivity contribution < 1.29 is 9.59 Å². The largest absolute Gasteiger partial charge is 0.378 e. The summed E-state index contributed by atoms with van der Waals surface area (Å²) in [6.07, 6.45) is 6.50. The maximum atomic E-state index is 13.4. The zero-order valence-electron chi connectivity index (χ0n) is 16.6. The second kappa shape index (κ2) is 7.29. The van der Waals surface area contributed by atoms with Gasteiger partial charge in [-0.1, -0.05) is 43.1 Å². The van der Waals surface area contributed by atoms with Gasteiger partial charge in [-0.2, -0.15) is 0 Å². The lowest BCUT2D eigenvalue weighted by molar-refractivity contribution is -0.132. The van der Waals surface area contributed by atoms with Crippen LogP contribution in [0.25, 0.3) is 0 Å². The minimum atomic E-state index is -0.588. The first kappa shape index (κ1) is 20.2. The molecule has 3 atom stereocenters. The van der Waals surface area contributed by atoms with Crippen molar-refractivity contribution in [3.05, 3.63) is 57.4 Å². The molecule has 7 heteroatoms. The zero-order chi connectivity index (χ0) is 20.9. The molecule has 1 aliphatic carbocycles. The Kier molecular flexibility index (Phi) is 5.07. The smallest absolute Gasteiger partial charge is 0.220 e. The number of nitrogens with one attached hydrogen (secondary N) is 1. The molecule has 0 bridgehead atoms. The number of amides is 1. The SMILES string of the molecule is CC(=O)N1C2C=CN=CC2NC2=C(C(=O)CC(C)(C)C2)[C@H]1c1ccc(Cl)cc1Cl. The fourth-order valence-electron chi connectivity index (χ4n) is 4.59. The van der Waals surface area contributed by atoms with Gasteiger partial charge in [0.05, 0.1) is 18.1 Å². The molecule has 0 fully saturated rings. The summed E-state index contributed by atoms with van der Waals surface area (Å²) >= 11 is 12.7. The van der Waals surface area contributed by atoms with Crippen LogP contribution in [0.15, 0.2) is 46.7 Å². The highest BCUT2D eigenvalue weighted by atomic mass is 35.5. The number of hydrogen-bond donors (Lipinski definition) is 1. The first-order valence-electron chi connectivity index (χ1n) is 9.64. The highest BCUT2D eigenvalue weighted by Crippen LogP contribution is 2.46. The topological polar surface area (TPSA) is 61.8 Å². The van der Waals surface area contributed by atoms with Crippen LogP contribution < -0.4 is 5.32 Å². The number of Topliss-reactive ketones (excluding diaryl/α,β-unsaturated/α-hetero) is 1. The average Bonchev–Trinajstić information content (AvgIpc) is 2.74. The van der Waals surface area contributed by atoms with E-state index >= 15 is 0 Å².